The fourth-order valence-electron chi connectivity index (χ4n) is 4.05. The molecule has 0 fully saturated rings. The van der Waals surface area contributed by atoms with Gasteiger partial charge >= 0.3 is 0 Å². The topological polar surface area (TPSA) is 73.2 Å². The third kappa shape index (κ3) is 5.41. The lowest BCUT2D eigenvalue weighted by molar-refractivity contribution is -0.113. The molecule has 0 saturated heterocycles. The fourth-order valence-corrected chi connectivity index (χ4v) is 4.85. The first-order valence-corrected chi connectivity index (χ1v) is 12.5. The molecule has 1 heterocycles. The van der Waals surface area contributed by atoms with E-state index in [4.69, 9.17) is 9.72 Å². The van der Waals surface area contributed by atoms with E-state index < -0.39 is 0 Å². The average Bonchev–Trinajstić information content (AvgIpc) is 2.86. The number of aromatic nitrogens is 2. The summed E-state index contributed by atoms with van der Waals surface area (Å²) in [5, 5.41) is 4.10. The van der Waals surface area contributed by atoms with E-state index in [0.29, 0.717) is 28.4 Å². The van der Waals surface area contributed by atoms with Crippen LogP contribution in [-0.4, -0.2) is 28.3 Å². The zero-order chi connectivity index (χ0) is 24.9. The van der Waals surface area contributed by atoms with Crippen LogP contribution in [0.25, 0.3) is 10.9 Å². The predicted molar refractivity (Wildman–Crippen MR) is 143 cm³/mol. The summed E-state index contributed by atoms with van der Waals surface area (Å²) in [4.78, 5) is 31.1. The van der Waals surface area contributed by atoms with Gasteiger partial charge in [0.25, 0.3) is 5.56 Å². The molecule has 0 bridgehead atoms. The molecule has 0 saturated carbocycles. The van der Waals surface area contributed by atoms with Crippen LogP contribution in [0, 0.1) is 6.92 Å². The lowest BCUT2D eigenvalue weighted by Gasteiger charge is -2.17. The van der Waals surface area contributed by atoms with E-state index in [2.05, 4.69) is 19.2 Å². The number of nitrogens with zero attached hydrogens (tertiary/aromatic N) is 2. The number of ether oxygens (including phenoxy) is 1. The number of nitrogens with one attached hydrogen (secondary N) is 1. The molecule has 0 aliphatic rings. The van der Waals surface area contributed by atoms with E-state index in [9.17, 15) is 9.59 Å². The quantitative estimate of drug-likeness (QED) is 0.258. The minimum Gasteiger partial charge on any atom is -0.496 e. The molecule has 0 aliphatic carbocycles. The van der Waals surface area contributed by atoms with Crippen molar-refractivity contribution in [3.05, 3.63) is 93.8 Å². The molecule has 6 nitrogen and oxygen atoms in total. The van der Waals surface area contributed by atoms with Crippen molar-refractivity contribution in [3.8, 4) is 5.75 Å². The second-order valence-corrected chi connectivity index (χ2v) is 9.59. The Bertz CT molecular complexity index is 1430. The molecule has 0 unspecified atom stereocenters. The van der Waals surface area contributed by atoms with Gasteiger partial charge in [-0.15, -0.1) is 0 Å². The molecular formula is C28H29N3O3S. The summed E-state index contributed by atoms with van der Waals surface area (Å²) in [5.74, 6) is 0.966. The van der Waals surface area contributed by atoms with Gasteiger partial charge in [-0.3, -0.25) is 14.2 Å². The van der Waals surface area contributed by atoms with Crippen molar-refractivity contribution in [2.75, 3.05) is 18.2 Å². The number of carbonyl (C=O) groups is 1. The average molecular weight is 488 g/mol. The van der Waals surface area contributed by atoms with Gasteiger partial charge in [-0.05, 0) is 42.2 Å². The zero-order valence-electron chi connectivity index (χ0n) is 20.4. The highest BCUT2D eigenvalue weighted by atomic mass is 32.2. The largest absolute Gasteiger partial charge is 0.496 e. The van der Waals surface area contributed by atoms with Gasteiger partial charge in [0.05, 0.1) is 30.3 Å². The molecule has 3 aromatic carbocycles. The van der Waals surface area contributed by atoms with Crippen molar-refractivity contribution in [2.45, 2.75) is 38.4 Å². The molecule has 4 aromatic rings. The maximum absolute atomic E-state index is 13.4. The number of hydrogen-bond acceptors (Lipinski definition) is 5. The minimum absolute atomic E-state index is 0.128. The van der Waals surface area contributed by atoms with E-state index in [0.717, 1.165) is 22.4 Å². The number of amides is 1. The van der Waals surface area contributed by atoms with Gasteiger partial charge in [-0.2, -0.15) is 0 Å². The van der Waals surface area contributed by atoms with E-state index in [1.165, 1.54) is 11.8 Å². The summed E-state index contributed by atoms with van der Waals surface area (Å²) >= 11 is 1.26. The van der Waals surface area contributed by atoms with Gasteiger partial charge in [0, 0.05) is 11.3 Å². The first-order chi connectivity index (χ1) is 16.9. The number of hydrogen-bond donors (Lipinski definition) is 1. The molecule has 35 heavy (non-hydrogen) atoms. The Labute approximate surface area is 209 Å². The molecule has 0 aliphatic heterocycles. The normalized spacial score (nSPS) is 11.1. The Kier molecular flexibility index (Phi) is 7.56. The lowest BCUT2D eigenvalue weighted by Crippen LogP contribution is -2.25. The monoisotopic (exact) mass is 487 g/mol. The van der Waals surface area contributed by atoms with Crippen LogP contribution in [0.5, 0.6) is 5.75 Å². The Morgan fingerprint density at radius 2 is 1.80 bits per heavy atom. The highest BCUT2D eigenvalue weighted by Crippen LogP contribution is 2.28. The van der Waals surface area contributed by atoms with E-state index in [-0.39, 0.29) is 23.1 Å². The van der Waals surface area contributed by atoms with Crippen LogP contribution in [-0.2, 0) is 11.3 Å². The van der Waals surface area contributed by atoms with Gasteiger partial charge in [0.15, 0.2) is 5.16 Å². The number of carbonyl (C=O) groups excluding carboxylic acids is 1. The van der Waals surface area contributed by atoms with Crippen LogP contribution >= 0.6 is 11.8 Å². The third-order valence-electron chi connectivity index (χ3n) is 5.87. The second kappa shape index (κ2) is 10.8. The SMILES string of the molecule is COc1ccccc1Cn1c(SCC(=O)Nc2c(C)cccc2C(C)C)nc2ccccc2c1=O. The third-order valence-corrected chi connectivity index (χ3v) is 6.85. The number of benzene rings is 3. The number of aryl methyl sites for hydroxylation is 1. The highest BCUT2D eigenvalue weighted by molar-refractivity contribution is 7.99. The molecule has 180 valence electrons. The molecule has 4 rings (SSSR count). The van der Waals surface area contributed by atoms with Crippen LogP contribution in [0.2, 0.25) is 0 Å². The van der Waals surface area contributed by atoms with E-state index in [1.54, 1.807) is 17.7 Å². The maximum atomic E-state index is 13.4. The smallest absolute Gasteiger partial charge is 0.262 e. The Morgan fingerprint density at radius 1 is 1.06 bits per heavy atom. The molecule has 1 amide bonds. The first-order valence-electron chi connectivity index (χ1n) is 11.5. The molecular weight excluding hydrogens is 458 g/mol. The minimum atomic E-state index is -0.148. The lowest BCUT2D eigenvalue weighted by atomic mass is 9.98. The van der Waals surface area contributed by atoms with Crippen molar-refractivity contribution < 1.29 is 9.53 Å². The van der Waals surface area contributed by atoms with Crippen molar-refractivity contribution >= 4 is 34.3 Å². The van der Waals surface area contributed by atoms with Crippen LogP contribution < -0.4 is 15.6 Å². The summed E-state index contributed by atoms with van der Waals surface area (Å²) in [6, 6.07) is 20.9. The Balaban J connectivity index is 1.64. The van der Waals surface area contributed by atoms with Crippen molar-refractivity contribution in [1.82, 2.24) is 9.55 Å². The summed E-state index contributed by atoms with van der Waals surface area (Å²) < 4.78 is 7.10. The van der Waals surface area contributed by atoms with Gasteiger partial charge in [0.2, 0.25) is 5.91 Å². The van der Waals surface area contributed by atoms with Gasteiger partial charge in [-0.1, -0.05) is 74.1 Å². The molecule has 1 N–H and O–H groups in total. The second-order valence-electron chi connectivity index (χ2n) is 8.65. The van der Waals surface area contributed by atoms with E-state index >= 15 is 0 Å². The number of anilines is 1. The highest BCUT2D eigenvalue weighted by Gasteiger charge is 2.17. The van der Waals surface area contributed by atoms with Crippen LogP contribution in [0.3, 0.4) is 0 Å². The van der Waals surface area contributed by atoms with Crippen molar-refractivity contribution in [2.24, 2.45) is 0 Å². The number of methoxy groups -OCH3 is 1. The van der Waals surface area contributed by atoms with Crippen LogP contribution in [0.15, 0.2) is 76.7 Å². The van der Waals surface area contributed by atoms with Crippen LogP contribution in [0.4, 0.5) is 5.69 Å². The Hall–Kier alpha value is -3.58. The van der Waals surface area contributed by atoms with Gasteiger partial charge < -0.3 is 10.1 Å². The van der Waals surface area contributed by atoms with Crippen molar-refractivity contribution in [1.29, 1.82) is 0 Å². The summed E-state index contributed by atoms with van der Waals surface area (Å²) in [6.45, 7) is 6.49. The summed E-state index contributed by atoms with van der Waals surface area (Å²) in [6.07, 6.45) is 0. The number of para-hydroxylation sites is 3. The van der Waals surface area contributed by atoms with Gasteiger partial charge in [0.1, 0.15) is 5.75 Å². The molecule has 1 aromatic heterocycles. The van der Waals surface area contributed by atoms with Crippen LogP contribution in [0.1, 0.15) is 36.5 Å². The Morgan fingerprint density at radius 3 is 2.57 bits per heavy atom. The summed E-state index contributed by atoms with van der Waals surface area (Å²) in [7, 11) is 1.61. The molecule has 0 radical (unpaired) electrons. The molecule has 0 spiro atoms. The summed E-state index contributed by atoms with van der Waals surface area (Å²) in [5.41, 5.74) is 4.29. The molecule has 0 atom stereocenters. The number of fused-ring (bicyclic) bond motifs is 1. The maximum Gasteiger partial charge on any atom is 0.262 e. The molecule has 7 heteroatoms. The fraction of sp³-hybridized carbons (Fsp3) is 0.250. The predicted octanol–water partition coefficient (Wildman–Crippen LogP) is 5.62. The van der Waals surface area contributed by atoms with E-state index in [1.807, 2.05) is 67.6 Å². The van der Waals surface area contributed by atoms with Gasteiger partial charge in [-0.25, -0.2) is 4.98 Å². The standard InChI is InChI=1S/C28H29N3O3S/c1-18(2)21-13-9-10-19(3)26(21)30-25(32)17-35-28-29-23-14-7-6-12-22(23)27(33)31(28)16-20-11-5-8-15-24(20)34-4/h5-15,18H,16-17H2,1-4H3,(H,30,32). The first kappa shape index (κ1) is 24.5. The number of thioether (sulfide) groups is 1. The zero-order valence-corrected chi connectivity index (χ0v) is 21.2. The number of rotatable bonds is 8. The van der Waals surface area contributed by atoms with Crippen molar-refractivity contribution in [3.63, 3.8) is 0 Å².